The molecule has 2 aromatic rings. The molecule has 0 radical (unpaired) electrons. The maximum Gasteiger partial charge on any atom is 0.448 e. The van der Waals surface area contributed by atoms with Crippen LogP contribution in [0.3, 0.4) is 0 Å². The first-order chi connectivity index (χ1) is 14.7. The van der Waals surface area contributed by atoms with Crippen molar-refractivity contribution in [1.29, 1.82) is 0 Å². The van der Waals surface area contributed by atoms with E-state index in [-0.39, 0.29) is 0 Å². The fraction of sp³-hybridized carbons (Fsp3) is 0.526. The van der Waals surface area contributed by atoms with E-state index in [1.54, 1.807) is 0 Å². The molecule has 0 aliphatic rings. The second kappa shape index (κ2) is 14.3. The van der Waals surface area contributed by atoms with Crippen LogP contribution in [0.25, 0.3) is 11.4 Å². The molecule has 4 N–H and O–H groups in total. The minimum absolute atomic E-state index is 0.690. The molecule has 2 aromatic heterocycles. The van der Waals surface area contributed by atoms with Crippen molar-refractivity contribution in [3.8, 4) is 11.4 Å². The maximum atomic E-state index is 9.70. The maximum absolute atomic E-state index is 9.70. The van der Waals surface area contributed by atoms with Crippen LogP contribution in [0.4, 0.5) is 0 Å². The van der Waals surface area contributed by atoms with Crippen LogP contribution < -0.4 is 0 Å². The molecule has 1 atom stereocenters. The van der Waals surface area contributed by atoms with Gasteiger partial charge in [-0.3, -0.25) is 13.9 Å². The summed E-state index contributed by atoms with van der Waals surface area (Å²) in [5.74, 6) is -0.373. The highest BCUT2D eigenvalue weighted by Crippen LogP contribution is 2.28. The molecule has 2 rings (SSSR count). The van der Waals surface area contributed by atoms with Gasteiger partial charge in [-0.25, -0.2) is 0 Å². The number of halogens is 1. The minimum Gasteiger partial charge on any atom is -0.357 e. The lowest BCUT2D eigenvalue weighted by Gasteiger charge is -2.14. The predicted octanol–water partition coefficient (Wildman–Crippen LogP) is 4.77. The number of aromatic nitrogens is 2. The number of unbranched alkanes of at least 4 members (excludes halogenated alkanes) is 1. The van der Waals surface area contributed by atoms with Crippen molar-refractivity contribution in [3.63, 3.8) is 0 Å². The van der Waals surface area contributed by atoms with Crippen LogP contribution in [0.15, 0.2) is 24.3 Å². The lowest BCUT2D eigenvalue weighted by atomic mass is 9.94. The molecular weight excluding hydrogens is 484 g/mol. The number of H-pyrrole nitrogens is 2. The summed E-state index contributed by atoms with van der Waals surface area (Å²) in [7, 11) is -4.71. The summed E-state index contributed by atoms with van der Waals surface area (Å²) in [6, 6.07) is 8.74. The number of aryl methyl sites for hydroxylation is 1. The normalized spacial score (nSPS) is 12.1. The molecule has 0 bridgehead atoms. The topological polar surface area (TPSA) is 167 Å². The van der Waals surface area contributed by atoms with Crippen LogP contribution in [0.2, 0.25) is 0 Å². The highest BCUT2D eigenvalue weighted by atomic mass is 35.7. The summed E-state index contributed by atoms with van der Waals surface area (Å²) in [4.78, 5) is 16.7. The van der Waals surface area contributed by atoms with Gasteiger partial charge in [0, 0.05) is 29.0 Å². The molecule has 0 aromatic carbocycles. The number of nitrogens with one attached hydrogen (secondary N) is 2. The summed E-state index contributed by atoms with van der Waals surface area (Å²) in [6.07, 6.45) is 6.44. The average molecular weight is 515 g/mol. The van der Waals surface area contributed by atoms with Crippen LogP contribution in [0.1, 0.15) is 70.2 Å². The highest BCUT2D eigenvalue weighted by Gasteiger charge is 2.13. The first-order valence-corrected chi connectivity index (χ1v) is 13.5. The van der Waals surface area contributed by atoms with Gasteiger partial charge < -0.3 is 14.2 Å². The van der Waals surface area contributed by atoms with Crippen LogP contribution in [0.5, 0.6) is 0 Å². The van der Waals surface area contributed by atoms with Gasteiger partial charge in [-0.05, 0) is 49.9 Å². The number of aromatic amines is 2. The van der Waals surface area contributed by atoms with Crippen molar-refractivity contribution in [2.45, 2.75) is 65.7 Å². The van der Waals surface area contributed by atoms with Crippen LogP contribution >= 0.6 is 10.7 Å². The van der Waals surface area contributed by atoms with E-state index < -0.39 is 25.7 Å². The van der Waals surface area contributed by atoms with Gasteiger partial charge in [0.25, 0.3) is 0 Å². The summed E-state index contributed by atoms with van der Waals surface area (Å²) < 4.78 is 55.3. The van der Waals surface area contributed by atoms with Gasteiger partial charge in [0.2, 0.25) is 0 Å². The van der Waals surface area contributed by atoms with Gasteiger partial charge >= 0.3 is 25.7 Å². The Kier molecular flexibility index (Phi) is 13.5. The van der Waals surface area contributed by atoms with E-state index in [1.807, 2.05) is 0 Å². The summed E-state index contributed by atoms with van der Waals surface area (Å²) in [5.41, 5.74) is 5.01. The Hall–Kier alpha value is -1.86. The number of rotatable bonds is 8. The third kappa shape index (κ3) is 15.9. The van der Waals surface area contributed by atoms with Crippen molar-refractivity contribution in [1.82, 2.24) is 9.97 Å². The molecule has 184 valence electrons. The highest BCUT2D eigenvalue weighted by molar-refractivity contribution is 8.09. The van der Waals surface area contributed by atoms with Crippen molar-refractivity contribution in [2.75, 3.05) is 0 Å². The molecule has 10 nitrogen and oxygen atoms in total. The van der Waals surface area contributed by atoms with E-state index in [4.69, 9.17) is 17.5 Å². The minimum atomic E-state index is -4.57. The SMILES string of the molecule is CC(=O)OS(=O)(=O)O.CCCCC(CCC)c1ccc(-c2ccc(C)[nH]2)[nH]1.O=S(=O)(O)Cl. The Balaban J connectivity index is 0.000000613. The van der Waals surface area contributed by atoms with Gasteiger partial charge in [-0.1, -0.05) is 33.1 Å². The van der Waals surface area contributed by atoms with Gasteiger partial charge in [0.15, 0.2) is 0 Å². The average Bonchev–Trinajstić information content (AvgIpc) is 3.24. The molecule has 0 spiro atoms. The van der Waals surface area contributed by atoms with E-state index in [9.17, 15) is 13.2 Å². The molecule has 0 saturated carbocycles. The second-order valence-corrected chi connectivity index (χ2v) is 9.94. The monoisotopic (exact) mass is 514 g/mol. The van der Waals surface area contributed by atoms with Crippen LogP contribution in [-0.4, -0.2) is 41.9 Å². The first-order valence-electron chi connectivity index (χ1n) is 9.85. The van der Waals surface area contributed by atoms with Crippen molar-refractivity contribution in [2.24, 2.45) is 0 Å². The first kappa shape index (κ1) is 30.1. The summed E-state index contributed by atoms with van der Waals surface area (Å²) in [6.45, 7) is 7.50. The quantitative estimate of drug-likeness (QED) is 0.288. The summed E-state index contributed by atoms with van der Waals surface area (Å²) in [5, 5.41) is 0. The lowest BCUT2D eigenvalue weighted by Crippen LogP contribution is -2.07. The molecule has 1 unspecified atom stereocenters. The Morgan fingerprint density at radius 2 is 1.53 bits per heavy atom. The number of carbonyl (C=O) groups excluding carboxylic acids is 1. The van der Waals surface area contributed by atoms with Crippen LogP contribution in [0, 0.1) is 6.92 Å². The molecule has 0 saturated heterocycles. The number of hydrogen-bond acceptors (Lipinski definition) is 6. The zero-order chi connectivity index (χ0) is 24.9. The second-order valence-electron chi connectivity index (χ2n) is 6.92. The fourth-order valence-electron chi connectivity index (χ4n) is 2.87. The van der Waals surface area contributed by atoms with Gasteiger partial charge in [0.1, 0.15) is 0 Å². The number of hydrogen-bond donors (Lipinski definition) is 4. The zero-order valence-electron chi connectivity index (χ0n) is 18.5. The van der Waals surface area contributed by atoms with Gasteiger partial charge in [-0.2, -0.15) is 16.8 Å². The zero-order valence-corrected chi connectivity index (χ0v) is 20.8. The molecule has 2 heterocycles. The Bertz CT molecular complexity index is 1020. The molecule has 0 amide bonds. The van der Waals surface area contributed by atoms with E-state index in [0.717, 1.165) is 6.92 Å². The largest absolute Gasteiger partial charge is 0.448 e. The van der Waals surface area contributed by atoms with E-state index in [1.165, 1.54) is 54.9 Å². The Morgan fingerprint density at radius 3 is 1.91 bits per heavy atom. The number of carbonyl (C=O) groups is 1. The molecule has 32 heavy (non-hydrogen) atoms. The summed E-state index contributed by atoms with van der Waals surface area (Å²) >= 11 is 0. The standard InChI is InChI=1S/C17H26N2.C2H4O5S.ClHO3S/c1-4-6-8-14(7-5-2)15-11-12-17(19-15)16-10-9-13(3)18-16;1-2(3)7-8(4,5)6;1-5(2,3)4/h9-12,14,18-19H,4-8H2,1-3H3;1H3,(H,4,5,6);(H,2,3,4). The third-order valence-corrected chi connectivity index (χ3v) is 4.48. The van der Waals surface area contributed by atoms with Crippen molar-refractivity contribution in [3.05, 3.63) is 35.7 Å². The predicted molar refractivity (Wildman–Crippen MR) is 123 cm³/mol. The van der Waals surface area contributed by atoms with E-state index >= 15 is 0 Å². The third-order valence-electron chi connectivity index (χ3n) is 4.04. The smallest absolute Gasteiger partial charge is 0.357 e. The Labute approximate surface area is 193 Å². The Morgan fingerprint density at radius 1 is 1.00 bits per heavy atom. The van der Waals surface area contributed by atoms with Gasteiger partial charge in [0.05, 0.1) is 11.4 Å². The van der Waals surface area contributed by atoms with Crippen LogP contribution in [-0.2, 0) is 28.7 Å². The fourth-order valence-corrected chi connectivity index (χ4v) is 3.17. The molecular formula is C19H31ClN2O8S2. The molecule has 0 aliphatic heterocycles. The van der Waals surface area contributed by atoms with E-state index in [2.05, 4.69) is 69.9 Å². The van der Waals surface area contributed by atoms with Crippen molar-refractivity contribution >= 4 is 36.4 Å². The van der Waals surface area contributed by atoms with E-state index in [0.29, 0.717) is 5.92 Å². The lowest BCUT2D eigenvalue weighted by molar-refractivity contribution is -0.131. The molecule has 13 heteroatoms. The molecule has 0 aliphatic carbocycles. The molecule has 0 fully saturated rings. The van der Waals surface area contributed by atoms with Crippen molar-refractivity contribution < 1.29 is 34.9 Å². The van der Waals surface area contributed by atoms with Gasteiger partial charge in [-0.15, -0.1) is 0 Å².